The minimum Gasteiger partial charge on any atom is -0.379 e. The number of hydrogen-bond acceptors (Lipinski definition) is 2. The summed E-state index contributed by atoms with van der Waals surface area (Å²) in [4.78, 5) is 9.76. The quantitative estimate of drug-likeness (QED) is 0.416. The zero-order chi connectivity index (χ0) is 9.78. The van der Waals surface area contributed by atoms with Crippen LogP contribution in [0.25, 0.3) is 0 Å². The van der Waals surface area contributed by atoms with Crippen LogP contribution in [-0.2, 0) is 9.53 Å². The lowest BCUT2D eigenvalue weighted by atomic mass is 10.1. The zero-order valence-corrected chi connectivity index (χ0v) is 8.18. The molecular formula is C10H19NO2. The molecule has 0 bridgehead atoms. The Bertz CT molecular complexity index is 107. The lowest BCUT2D eigenvalue weighted by molar-refractivity contribution is 0.233. The molecule has 0 saturated carbocycles. The summed E-state index contributed by atoms with van der Waals surface area (Å²) in [6.07, 6.45) is 8.69. The molecule has 0 aromatic carbocycles. The van der Waals surface area contributed by atoms with E-state index in [1.54, 1.807) is 6.41 Å². The van der Waals surface area contributed by atoms with E-state index in [4.69, 9.17) is 4.74 Å². The van der Waals surface area contributed by atoms with Crippen molar-refractivity contribution in [3.63, 3.8) is 0 Å². The molecule has 3 heteroatoms. The van der Waals surface area contributed by atoms with Crippen molar-refractivity contribution in [2.24, 2.45) is 0 Å². The molecular weight excluding hydrogens is 166 g/mol. The van der Waals surface area contributed by atoms with Crippen LogP contribution in [0, 0.1) is 7.11 Å². The fourth-order valence-electron chi connectivity index (χ4n) is 1.18. The molecule has 1 amide bonds. The Morgan fingerprint density at radius 1 is 1.08 bits per heavy atom. The lowest BCUT2D eigenvalue weighted by Crippen LogP contribution is -2.11. The van der Waals surface area contributed by atoms with Gasteiger partial charge in [0.15, 0.2) is 0 Å². The third-order valence-corrected chi connectivity index (χ3v) is 1.91. The van der Waals surface area contributed by atoms with Crippen molar-refractivity contribution in [2.45, 2.75) is 38.5 Å². The first-order valence-corrected chi connectivity index (χ1v) is 4.89. The number of nitrogens with one attached hydrogen (secondary N) is 1. The number of hydrogen-bond donors (Lipinski definition) is 1. The van der Waals surface area contributed by atoms with Gasteiger partial charge in [-0.1, -0.05) is 25.7 Å². The van der Waals surface area contributed by atoms with Crippen LogP contribution < -0.4 is 5.32 Å². The van der Waals surface area contributed by atoms with E-state index >= 15 is 0 Å². The highest BCUT2D eigenvalue weighted by molar-refractivity contribution is 5.46. The van der Waals surface area contributed by atoms with Crippen LogP contribution in [0.2, 0.25) is 0 Å². The van der Waals surface area contributed by atoms with Gasteiger partial charge in [0.2, 0.25) is 0 Å². The van der Waals surface area contributed by atoms with E-state index in [2.05, 4.69) is 12.4 Å². The van der Waals surface area contributed by atoms with Crippen molar-refractivity contribution < 1.29 is 9.53 Å². The smallest absolute Gasteiger partial charge is 0.309 e. The Morgan fingerprint density at radius 2 is 1.69 bits per heavy atom. The van der Waals surface area contributed by atoms with Crippen molar-refractivity contribution in [3.8, 4) is 0 Å². The molecule has 1 N–H and O–H groups in total. The van der Waals surface area contributed by atoms with Gasteiger partial charge in [-0.3, -0.25) is 4.79 Å². The predicted octanol–water partition coefficient (Wildman–Crippen LogP) is 1.79. The summed E-state index contributed by atoms with van der Waals surface area (Å²) in [5.41, 5.74) is 0. The highest BCUT2D eigenvalue weighted by Crippen LogP contribution is 2.04. The number of amides is 1. The molecule has 0 saturated heterocycles. The van der Waals surface area contributed by atoms with Crippen molar-refractivity contribution in [1.82, 2.24) is 5.32 Å². The summed E-state index contributed by atoms with van der Waals surface area (Å²) >= 11 is 0. The van der Waals surface area contributed by atoms with Gasteiger partial charge >= 0.3 is 6.41 Å². The number of rotatable bonds is 10. The van der Waals surface area contributed by atoms with E-state index in [0.717, 1.165) is 26.0 Å². The van der Waals surface area contributed by atoms with Gasteiger partial charge in [0.1, 0.15) is 0 Å². The Morgan fingerprint density at radius 3 is 2.31 bits per heavy atom. The largest absolute Gasteiger partial charge is 0.379 e. The molecule has 0 aliphatic rings. The van der Waals surface area contributed by atoms with Crippen LogP contribution in [0.3, 0.4) is 0 Å². The van der Waals surface area contributed by atoms with E-state index in [1.807, 2.05) is 0 Å². The van der Waals surface area contributed by atoms with Gasteiger partial charge in [0.25, 0.3) is 0 Å². The zero-order valence-electron chi connectivity index (χ0n) is 8.18. The van der Waals surface area contributed by atoms with E-state index < -0.39 is 0 Å². The normalized spacial score (nSPS) is 9.92. The highest BCUT2D eigenvalue weighted by atomic mass is 16.5. The van der Waals surface area contributed by atoms with Gasteiger partial charge in [-0.2, -0.15) is 0 Å². The monoisotopic (exact) mass is 185 g/mol. The van der Waals surface area contributed by atoms with Gasteiger partial charge in [0.05, 0.1) is 7.11 Å². The summed E-state index contributed by atoms with van der Waals surface area (Å²) in [5.74, 6) is 0. The molecule has 0 rings (SSSR count). The van der Waals surface area contributed by atoms with Crippen LogP contribution in [0.4, 0.5) is 0 Å². The van der Waals surface area contributed by atoms with Crippen molar-refractivity contribution >= 4 is 6.41 Å². The summed E-state index contributed by atoms with van der Waals surface area (Å²) in [6.45, 7) is 1.52. The fourth-order valence-corrected chi connectivity index (χ4v) is 1.18. The van der Waals surface area contributed by atoms with Crippen LogP contribution in [0.15, 0.2) is 0 Å². The molecule has 13 heavy (non-hydrogen) atoms. The SMILES string of the molecule is [CH2]OCCCCCCCCN[C]=O. The first-order valence-electron chi connectivity index (χ1n) is 4.89. The molecule has 0 aromatic rings. The van der Waals surface area contributed by atoms with E-state index in [0.29, 0.717) is 0 Å². The van der Waals surface area contributed by atoms with Gasteiger partial charge in [-0.25, -0.2) is 0 Å². The molecule has 3 nitrogen and oxygen atoms in total. The molecule has 0 atom stereocenters. The number of ether oxygens (including phenoxy) is 1. The van der Waals surface area contributed by atoms with Crippen LogP contribution >= 0.6 is 0 Å². The lowest BCUT2D eigenvalue weighted by Gasteiger charge is -2.00. The van der Waals surface area contributed by atoms with Crippen LogP contribution in [0.1, 0.15) is 38.5 Å². The molecule has 0 aliphatic carbocycles. The maximum atomic E-state index is 9.76. The van der Waals surface area contributed by atoms with Gasteiger partial charge in [-0.05, 0) is 12.8 Å². The second kappa shape index (κ2) is 11.4. The number of carbonyl (C=O) groups excluding carboxylic acids is 1. The standard InChI is InChI=1S/C10H19NO2/c1-13-9-7-5-3-2-4-6-8-11-10-12/h1-9H2,(H,11,12). The minimum absolute atomic E-state index is 0.755. The van der Waals surface area contributed by atoms with Gasteiger partial charge in [0, 0.05) is 13.2 Å². The Labute approximate surface area is 80.8 Å². The summed E-state index contributed by atoms with van der Waals surface area (Å²) in [6, 6.07) is 0. The molecule has 0 aliphatic heterocycles. The fraction of sp³-hybridized carbons (Fsp3) is 0.800. The average molecular weight is 185 g/mol. The third kappa shape index (κ3) is 11.4. The second-order valence-electron chi connectivity index (χ2n) is 3.06. The Balaban J connectivity index is 2.79. The van der Waals surface area contributed by atoms with Crippen LogP contribution in [0.5, 0.6) is 0 Å². The molecule has 0 fully saturated rings. The summed E-state index contributed by atoms with van der Waals surface area (Å²) in [7, 11) is 3.31. The average Bonchev–Trinajstić information content (AvgIpc) is 2.16. The van der Waals surface area contributed by atoms with Crippen LogP contribution in [-0.4, -0.2) is 19.6 Å². The van der Waals surface area contributed by atoms with Crippen molar-refractivity contribution in [2.75, 3.05) is 13.2 Å². The molecule has 76 valence electrons. The second-order valence-corrected chi connectivity index (χ2v) is 3.06. The molecule has 2 radical (unpaired) electrons. The van der Waals surface area contributed by atoms with Gasteiger partial charge < -0.3 is 10.1 Å². The molecule has 0 spiro atoms. The topological polar surface area (TPSA) is 38.3 Å². The minimum atomic E-state index is 0.755. The summed E-state index contributed by atoms with van der Waals surface area (Å²) in [5, 5.41) is 2.53. The maximum absolute atomic E-state index is 9.76. The Kier molecular flexibility index (Phi) is 10.9. The van der Waals surface area contributed by atoms with Crippen molar-refractivity contribution in [1.29, 1.82) is 0 Å². The van der Waals surface area contributed by atoms with E-state index in [-0.39, 0.29) is 0 Å². The Hall–Kier alpha value is -0.570. The maximum Gasteiger partial charge on any atom is 0.309 e. The van der Waals surface area contributed by atoms with E-state index in [9.17, 15) is 4.79 Å². The molecule has 0 heterocycles. The molecule has 0 unspecified atom stereocenters. The first-order chi connectivity index (χ1) is 6.41. The first kappa shape index (κ1) is 12.4. The third-order valence-electron chi connectivity index (χ3n) is 1.91. The molecule has 0 aromatic heterocycles. The van der Waals surface area contributed by atoms with Crippen molar-refractivity contribution in [3.05, 3.63) is 7.11 Å². The summed E-state index contributed by atoms with van der Waals surface area (Å²) < 4.78 is 4.70. The number of unbranched alkanes of at least 4 members (excludes halogenated alkanes) is 5. The predicted molar refractivity (Wildman–Crippen MR) is 52.7 cm³/mol. The highest BCUT2D eigenvalue weighted by Gasteiger charge is 1.90. The van der Waals surface area contributed by atoms with E-state index in [1.165, 1.54) is 25.7 Å². The van der Waals surface area contributed by atoms with Gasteiger partial charge in [-0.15, -0.1) is 0 Å².